The zero-order valence-electron chi connectivity index (χ0n) is 14.6. The van der Waals surface area contributed by atoms with Gasteiger partial charge >= 0.3 is 0 Å². The molecule has 1 aromatic carbocycles. The fourth-order valence-corrected chi connectivity index (χ4v) is 3.40. The molecule has 1 aromatic heterocycles. The molecule has 8 nitrogen and oxygen atoms in total. The van der Waals surface area contributed by atoms with Crippen molar-refractivity contribution < 1.29 is 18.8 Å². The summed E-state index contributed by atoms with van der Waals surface area (Å²) in [4.78, 5) is 32.5. The Hall–Kier alpha value is -2.58. The minimum Gasteiger partial charge on any atom is -0.367 e. The van der Waals surface area contributed by atoms with Crippen LogP contribution in [0.2, 0.25) is 0 Å². The lowest BCUT2D eigenvalue weighted by Crippen LogP contribution is -2.40. The highest BCUT2D eigenvalue weighted by Gasteiger charge is 2.34. The summed E-state index contributed by atoms with van der Waals surface area (Å²) in [6.07, 6.45) is 0.504. The van der Waals surface area contributed by atoms with Gasteiger partial charge in [-0.05, 0) is 18.6 Å². The van der Waals surface area contributed by atoms with Gasteiger partial charge in [-0.15, -0.1) is 0 Å². The molecular formula is C18H20N4O4. The fourth-order valence-electron chi connectivity index (χ4n) is 3.40. The van der Waals surface area contributed by atoms with Crippen molar-refractivity contribution in [3.8, 4) is 0 Å². The van der Waals surface area contributed by atoms with Crippen LogP contribution in [0.3, 0.4) is 0 Å². The molecule has 0 bridgehead atoms. The van der Waals surface area contributed by atoms with Crippen LogP contribution in [0.25, 0.3) is 0 Å². The Balaban J connectivity index is 1.31. The van der Waals surface area contributed by atoms with Crippen molar-refractivity contribution in [3.05, 3.63) is 47.1 Å². The maximum Gasteiger partial charge on any atom is 0.261 e. The summed E-state index contributed by atoms with van der Waals surface area (Å²) in [6.45, 7) is 4.99. The summed E-state index contributed by atoms with van der Waals surface area (Å²) in [7, 11) is 0. The number of carbonyl (C=O) groups is 2. The lowest BCUT2D eigenvalue weighted by atomic mass is 10.1. The standard InChI is InChI=1S/C18H20N4O4/c1-12-19-16(20-26-12)15-11-21(9-10-25-15)7-4-8-22-17(23)13-5-2-3-6-14(13)18(22)24/h2-3,5-6,15H,4,7-11H2,1H3/t15-/m0/s1. The number of hydrogen-bond donors (Lipinski definition) is 0. The molecule has 136 valence electrons. The molecule has 0 aliphatic carbocycles. The van der Waals surface area contributed by atoms with E-state index in [0.29, 0.717) is 49.0 Å². The lowest BCUT2D eigenvalue weighted by molar-refractivity contribution is -0.0357. The Morgan fingerprint density at radius 2 is 1.88 bits per heavy atom. The second kappa shape index (κ2) is 6.97. The monoisotopic (exact) mass is 356 g/mol. The molecule has 0 unspecified atom stereocenters. The van der Waals surface area contributed by atoms with Crippen LogP contribution >= 0.6 is 0 Å². The first-order valence-electron chi connectivity index (χ1n) is 8.73. The quantitative estimate of drug-likeness (QED) is 0.749. The van der Waals surface area contributed by atoms with Crippen LogP contribution in [0.15, 0.2) is 28.8 Å². The van der Waals surface area contributed by atoms with Crippen LogP contribution in [0.1, 0.15) is 45.0 Å². The Morgan fingerprint density at radius 1 is 1.15 bits per heavy atom. The molecule has 2 amide bonds. The molecule has 4 rings (SSSR count). The van der Waals surface area contributed by atoms with Crippen molar-refractivity contribution in [2.45, 2.75) is 19.4 Å². The normalized spacial score (nSPS) is 20.7. The fraction of sp³-hybridized carbons (Fsp3) is 0.444. The largest absolute Gasteiger partial charge is 0.367 e. The molecular weight excluding hydrogens is 336 g/mol. The van der Waals surface area contributed by atoms with Gasteiger partial charge in [0.05, 0.1) is 17.7 Å². The average Bonchev–Trinajstić information content (AvgIpc) is 3.20. The van der Waals surface area contributed by atoms with E-state index in [4.69, 9.17) is 9.26 Å². The van der Waals surface area contributed by atoms with Gasteiger partial charge in [0.25, 0.3) is 11.8 Å². The molecule has 2 aliphatic rings. The highest BCUT2D eigenvalue weighted by atomic mass is 16.5. The van der Waals surface area contributed by atoms with E-state index in [0.717, 1.165) is 13.1 Å². The van der Waals surface area contributed by atoms with Crippen molar-refractivity contribution in [2.75, 3.05) is 32.8 Å². The number of imide groups is 1. The van der Waals surface area contributed by atoms with E-state index in [1.165, 1.54) is 4.90 Å². The Kier molecular flexibility index (Phi) is 4.52. The summed E-state index contributed by atoms with van der Waals surface area (Å²) in [5.74, 6) is 0.680. The maximum atomic E-state index is 12.4. The van der Waals surface area contributed by atoms with Crippen molar-refractivity contribution in [3.63, 3.8) is 0 Å². The van der Waals surface area contributed by atoms with Crippen LogP contribution in [0.4, 0.5) is 0 Å². The van der Waals surface area contributed by atoms with Crippen LogP contribution < -0.4 is 0 Å². The van der Waals surface area contributed by atoms with Gasteiger partial charge in [0.1, 0.15) is 6.10 Å². The van der Waals surface area contributed by atoms with Gasteiger partial charge < -0.3 is 9.26 Å². The van der Waals surface area contributed by atoms with Gasteiger partial charge in [-0.25, -0.2) is 0 Å². The third-order valence-corrected chi connectivity index (χ3v) is 4.72. The molecule has 0 N–H and O–H groups in total. The molecule has 0 saturated carbocycles. The number of carbonyl (C=O) groups excluding carboxylic acids is 2. The molecule has 2 aromatic rings. The molecule has 26 heavy (non-hydrogen) atoms. The Morgan fingerprint density at radius 3 is 2.54 bits per heavy atom. The van der Waals surface area contributed by atoms with E-state index in [9.17, 15) is 9.59 Å². The zero-order chi connectivity index (χ0) is 18.1. The third kappa shape index (κ3) is 3.13. The molecule has 1 fully saturated rings. The Bertz CT molecular complexity index is 799. The third-order valence-electron chi connectivity index (χ3n) is 4.72. The first-order chi connectivity index (χ1) is 12.6. The van der Waals surface area contributed by atoms with Gasteiger partial charge in [0.15, 0.2) is 0 Å². The van der Waals surface area contributed by atoms with E-state index in [2.05, 4.69) is 15.0 Å². The number of benzene rings is 1. The number of rotatable bonds is 5. The lowest BCUT2D eigenvalue weighted by Gasteiger charge is -2.31. The van der Waals surface area contributed by atoms with E-state index < -0.39 is 0 Å². The number of hydrogen-bond acceptors (Lipinski definition) is 7. The molecule has 8 heteroatoms. The van der Waals surface area contributed by atoms with Gasteiger partial charge in [0.2, 0.25) is 11.7 Å². The highest BCUT2D eigenvalue weighted by Crippen LogP contribution is 2.23. The number of ether oxygens (including phenoxy) is 1. The van der Waals surface area contributed by atoms with Crippen LogP contribution in [0.5, 0.6) is 0 Å². The van der Waals surface area contributed by atoms with Crippen molar-refractivity contribution in [2.24, 2.45) is 0 Å². The molecule has 2 aliphatic heterocycles. The number of fused-ring (bicyclic) bond motifs is 1. The Labute approximate surface area is 150 Å². The van der Waals surface area contributed by atoms with Crippen molar-refractivity contribution in [1.29, 1.82) is 0 Å². The van der Waals surface area contributed by atoms with E-state index in [1.54, 1.807) is 31.2 Å². The summed E-state index contributed by atoms with van der Waals surface area (Å²) in [5, 5.41) is 3.92. The second-order valence-corrected chi connectivity index (χ2v) is 6.49. The average molecular weight is 356 g/mol. The molecule has 1 saturated heterocycles. The number of nitrogens with zero attached hydrogens (tertiary/aromatic N) is 4. The highest BCUT2D eigenvalue weighted by molar-refractivity contribution is 6.21. The predicted octanol–water partition coefficient (Wildman–Crippen LogP) is 1.44. The van der Waals surface area contributed by atoms with Gasteiger partial charge in [-0.1, -0.05) is 17.3 Å². The first-order valence-corrected chi connectivity index (χ1v) is 8.73. The SMILES string of the molecule is Cc1nc([C@@H]2CN(CCCN3C(=O)c4ccccc4C3=O)CCO2)no1. The van der Waals surface area contributed by atoms with Crippen LogP contribution in [-0.2, 0) is 4.74 Å². The minimum absolute atomic E-state index is 0.201. The minimum atomic E-state index is -0.208. The number of aryl methyl sites for hydroxylation is 1. The second-order valence-electron chi connectivity index (χ2n) is 6.49. The number of aromatic nitrogens is 2. The molecule has 0 radical (unpaired) electrons. The first kappa shape index (κ1) is 16.9. The maximum absolute atomic E-state index is 12.4. The number of amides is 2. The van der Waals surface area contributed by atoms with E-state index in [-0.39, 0.29) is 17.9 Å². The van der Waals surface area contributed by atoms with Crippen molar-refractivity contribution >= 4 is 11.8 Å². The van der Waals surface area contributed by atoms with Crippen LogP contribution in [0, 0.1) is 6.92 Å². The molecule has 1 atom stereocenters. The van der Waals surface area contributed by atoms with Crippen LogP contribution in [-0.4, -0.2) is 64.5 Å². The summed E-state index contributed by atoms with van der Waals surface area (Å²) in [6, 6.07) is 6.96. The summed E-state index contributed by atoms with van der Waals surface area (Å²) >= 11 is 0. The molecule has 3 heterocycles. The zero-order valence-corrected chi connectivity index (χ0v) is 14.6. The van der Waals surface area contributed by atoms with Gasteiger partial charge in [0, 0.05) is 33.1 Å². The topological polar surface area (TPSA) is 88.8 Å². The van der Waals surface area contributed by atoms with Crippen molar-refractivity contribution in [1.82, 2.24) is 19.9 Å². The van der Waals surface area contributed by atoms with E-state index in [1.807, 2.05) is 0 Å². The summed E-state index contributed by atoms with van der Waals surface area (Å²) in [5.41, 5.74) is 0.993. The van der Waals surface area contributed by atoms with Gasteiger partial charge in [-0.3, -0.25) is 19.4 Å². The van der Waals surface area contributed by atoms with Gasteiger partial charge in [-0.2, -0.15) is 4.98 Å². The van der Waals surface area contributed by atoms with E-state index >= 15 is 0 Å². The molecule has 0 spiro atoms. The smallest absolute Gasteiger partial charge is 0.261 e. The number of morpholine rings is 1. The summed E-state index contributed by atoms with van der Waals surface area (Å²) < 4.78 is 10.7. The predicted molar refractivity (Wildman–Crippen MR) is 90.6 cm³/mol.